The average Bonchev–Trinajstić information content (AvgIpc) is 2.07. The molecule has 0 amide bonds. The van der Waals surface area contributed by atoms with Crippen LogP contribution in [0.5, 0.6) is 0 Å². The summed E-state index contributed by atoms with van der Waals surface area (Å²) >= 11 is 3.14. The minimum absolute atomic E-state index is 0.00788. The predicted molar refractivity (Wildman–Crippen MR) is 73.5 cm³/mol. The molecule has 0 N–H and O–H groups in total. The smallest absolute Gasteiger partial charge is 0.117 e. The van der Waals surface area contributed by atoms with Gasteiger partial charge in [0, 0.05) is 9.49 Å². The summed E-state index contributed by atoms with van der Waals surface area (Å²) in [5, 5.41) is 17.8. The molecule has 0 aliphatic carbocycles. The number of nitrogens with zero attached hydrogens (tertiary/aromatic N) is 2. The van der Waals surface area contributed by atoms with Gasteiger partial charge in [0.15, 0.2) is 0 Å². The molecule has 0 aromatic heterocycles. The van der Waals surface area contributed by atoms with E-state index < -0.39 is 0 Å². The van der Waals surface area contributed by atoms with Crippen molar-refractivity contribution < 1.29 is 0 Å². The molecule has 0 saturated carbocycles. The fraction of sp³-hybridized carbons (Fsp3) is 0.833. The van der Waals surface area contributed by atoms with Gasteiger partial charge in [-0.1, -0.05) is 41.5 Å². The molecule has 0 heterocycles. The molecule has 90 valence electrons. The Bertz CT molecular complexity index is 267. The van der Waals surface area contributed by atoms with Crippen LogP contribution in [0.15, 0.2) is 0 Å². The van der Waals surface area contributed by atoms with E-state index in [0.29, 0.717) is 0 Å². The third-order valence-electron chi connectivity index (χ3n) is 1.49. The van der Waals surface area contributed by atoms with Crippen LogP contribution in [-0.4, -0.2) is 20.0 Å². The van der Waals surface area contributed by atoms with Crippen molar-refractivity contribution in [1.82, 2.24) is 0 Å². The molecule has 0 aliphatic rings. The quantitative estimate of drug-likeness (QED) is 0.770. The van der Waals surface area contributed by atoms with Gasteiger partial charge in [-0.25, -0.2) is 0 Å². The molecular weight excluding hydrogens is 236 g/mol. The normalized spacial score (nSPS) is 16.0. The molecule has 0 rings (SSSR count). The van der Waals surface area contributed by atoms with Crippen molar-refractivity contribution in [2.24, 2.45) is 0 Å². The van der Waals surface area contributed by atoms with Gasteiger partial charge < -0.3 is 0 Å². The summed E-state index contributed by atoms with van der Waals surface area (Å²) in [6.45, 7) is 12.4. The van der Waals surface area contributed by atoms with Crippen molar-refractivity contribution in [2.75, 3.05) is 0 Å². The van der Waals surface area contributed by atoms with Crippen LogP contribution < -0.4 is 0 Å². The molecule has 0 fully saturated rings. The summed E-state index contributed by atoms with van der Waals surface area (Å²) in [5.41, 5.74) is 0. The van der Waals surface area contributed by atoms with E-state index in [1.165, 1.54) is 0 Å². The Morgan fingerprint density at radius 3 is 1.12 bits per heavy atom. The molecule has 16 heavy (non-hydrogen) atoms. The van der Waals surface area contributed by atoms with Crippen molar-refractivity contribution in [2.45, 2.75) is 61.5 Å². The van der Waals surface area contributed by atoms with Crippen molar-refractivity contribution in [3.8, 4) is 12.1 Å². The maximum Gasteiger partial charge on any atom is 0.117 e. The lowest BCUT2D eigenvalue weighted by Gasteiger charge is -2.27. The first-order valence-corrected chi connectivity index (χ1v) is 7.00. The largest absolute Gasteiger partial charge is 0.197 e. The number of nitriles is 2. The van der Waals surface area contributed by atoms with E-state index in [4.69, 9.17) is 10.5 Å². The highest BCUT2D eigenvalue weighted by Crippen LogP contribution is 2.37. The fourth-order valence-corrected chi connectivity index (χ4v) is 3.40. The molecule has 0 spiro atoms. The third-order valence-corrected chi connectivity index (χ3v) is 4.34. The highest BCUT2D eigenvalue weighted by atomic mass is 32.2. The molecule has 0 aliphatic heterocycles. The minimum atomic E-state index is -0.269. The van der Waals surface area contributed by atoms with E-state index in [1.54, 1.807) is 23.5 Å². The van der Waals surface area contributed by atoms with Crippen LogP contribution in [0.2, 0.25) is 0 Å². The fourth-order valence-electron chi connectivity index (χ4n) is 1.07. The van der Waals surface area contributed by atoms with E-state index in [9.17, 15) is 0 Å². The second-order valence-corrected chi connectivity index (χ2v) is 9.50. The Morgan fingerprint density at radius 2 is 1.00 bits per heavy atom. The Morgan fingerprint density at radius 1 is 0.750 bits per heavy atom. The Labute approximate surface area is 108 Å². The number of hydrogen-bond acceptors (Lipinski definition) is 4. The van der Waals surface area contributed by atoms with Gasteiger partial charge in [-0.15, -0.1) is 23.5 Å². The zero-order valence-electron chi connectivity index (χ0n) is 10.9. The van der Waals surface area contributed by atoms with E-state index >= 15 is 0 Å². The lowest BCUT2D eigenvalue weighted by molar-refractivity contribution is 0.787. The summed E-state index contributed by atoms with van der Waals surface area (Å²) in [7, 11) is 0. The van der Waals surface area contributed by atoms with Crippen molar-refractivity contribution in [3.05, 3.63) is 0 Å². The predicted octanol–water partition coefficient (Wildman–Crippen LogP) is 3.83. The van der Waals surface area contributed by atoms with Crippen LogP contribution in [0, 0.1) is 22.7 Å². The molecule has 0 aromatic rings. The van der Waals surface area contributed by atoms with E-state index in [1.807, 2.05) is 0 Å². The highest BCUT2D eigenvalue weighted by Gasteiger charge is 2.30. The van der Waals surface area contributed by atoms with Gasteiger partial charge in [0.25, 0.3) is 0 Å². The van der Waals surface area contributed by atoms with Crippen LogP contribution in [0.25, 0.3) is 0 Å². The number of hydrogen-bond donors (Lipinski definition) is 0. The molecule has 0 radical (unpaired) electrons. The van der Waals surface area contributed by atoms with Crippen molar-refractivity contribution >= 4 is 23.5 Å². The first-order chi connectivity index (χ1) is 7.09. The molecule has 0 unspecified atom stereocenters. The molecular formula is C12H20N2S2. The molecule has 2 atom stereocenters. The second-order valence-electron chi connectivity index (χ2n) is 5.56. The first kappa shape index (κ1) is 15.7. The Hall–Kier alpha value is -0.320. The second kappa shape index (κ2) is 5.84. The Balaban J connectivity index is 4.68. The lowest BCUT2D eigenvalue weighted by Crippen LogP contribution is -2.27. The standard InChI is InChI=1S/C12H20N2S2/c1-11(2,3)15-9(7-13)10(8-14)16-12(4,5)6/h9-10H,1-6H3/t9-,10+. The maximum atomic E-state index is 9.15. The van der Waals surface area contributed by atoms with Gasteiger partial charge in [0.2, 0.25) is 0 Å². The summed E-state index contributed by atoms with van der Waals surface area (Å²) in [6.07, 6.45) is 0. The average molecular weight is 256 g/mol. The van der Waals surface area contributed by atoms with Crippen LogP contribution in [0.4, 0.5) is 0 Å². The van der Waals surface area contributed by atoms with Crippen LogP contribution in [0.3, 0.4) is 0 Å². The zero-order chi connectivity index (χ0) is 13.0. The summed E-state index contributed by atoms with van der Waals surface area (Å²) < 4.78 is 0.0158. The monoisotopic (exact) mass is 256 g/mol. The van der Waals surface area contributed by atoms with Gasteiger partial charge in [-0.3, -0.25) is 0 Å². The topological polar surface area (TPSA) is 47.6 Å². The van der Waals surface area contributed by atoms with Crippen molar-refractivity contribution in [1.29, 1.82) is 10.5 Å². The third kappa shape index (κ3) is 7.04. The van der Waals surface area contributed by atoms with Gasteiger partial charge in [-0.05, 0) is 0 Å². The van der Waals surface area contributed by atoms with E-state index in [0.717, 1.165) is 0 Å². The molecule has 0 saturated heterocycles. The van der Waals surface area contributed by atoms with Gasteiger partial charge in [0.1, 0.15) is 10.5 Å². The summed E-state index contributed by atoms with van der Waals surface area (Å²) in [6, 6.07) is 4.50. The molecule has 0 aromatic carbocycles. The van der Waals surface area contributed by atoms with Crippen molar-refractivity contribution in [3.63, 3.8) is 0 Å². The molecule has 2 nitrogen and oxygen atoms in total. The first-order valence-electron chi connectivity index (χ1n) is 5.24. The molecule has 0 bridgehead atoms. The Kier molecular flexibility index (Phi) is 5.73. The highest BCUT2D eigenvalue weighted by molar-refractivity contribution is 8.05. The van der Waals surface area contributed by atoms with Gasteiger partial charge >= 0.3 is 0 Å². The van der Waals surface area contributed by atoms with Crippen LogP contribution in [0.1, 0.15) is 41.5 Å². The SMILES string of the molecule is CC(C)(C)S[C@@H](C#N)[C@@H](C#N)SC(C)(C)C. The number of thioether (sulfide) groups is 2. The summed E-state index contributed by atoms with van der Waals surface area (Å²) in [4.78, 5) is 0. The zero-order valence-corrected chi connectivity index (χ0v) is 12.5. The lowest BCUT2D eigenvalue weighted by atomic mass is 10.2. The van der Waals surface area contributed by atoms with Crippen LogP contribution in [-0.2, 0) is 0 Å². The number of rotatable bonds is 3. The van der Waals surface area contributed by atoms with Crippen LogP contribution >= 0.6 is 23.5 Å². The summed E-state index contributed by atoms with van der Waals surface area (Å²) in [5.74, 6) is 0. The van der Waals surface area contributed by atoms with Gasteiger partial charge in [0.05, 0.1) is 12.1 Å². The molecule has 4 heteroatoms. The van der Waals surface area contributed by atoms with E-state index in [2.05, 4.69) is 53.7 Å². The van der Waals surface area contributed by atoms with E-state index in [-0.39, 0.29) is 20.0 Å². The minimum Gasteiger partial charge on any atom is -0.197 e. The maximum absolute atomic E-state index is 9.15. The van der Waals surface area contributed by atoms with Gasteiger partial charge in [-0.2, -0.15) is 10.5 Å².